The summed E-state index contributed by atoms with van der Waals surface area (Å²) in [5.74, 6) is 0. The van der Waals surface area contributed by atoms with Crippen molar-refractivity contribution in [1.82, 2.24) is 0 Å². The van der Waals surface area contributed by atoms with E-state index in [9.17, 15) is 13.2 Å². The number of rotatable bonds is 2. The van der Waals surface area contributed by atoms with Gasteiger partial charge in [-0.15, -0.1) is 0 Å². The summed E-state index contributed by atoms with van der Waals surface area (Å²) in [6, 6.07) is 3.64. The highest BCUT2D eigenvalue weighted by molar-refractivity contribution is 6.30. The first kappa shape index (κ1) is 14.5. The second kappa shape index (κ2) is 5.59. The van der Waals surface area contributed by atoms with E-state index in [-0.39, 0.29) is 17.2 Å². The lowest BCUT2D eigenvalue weighted by Gasteiger charge is -2.29. The predicted octanol–water partition coefficient (Wildman–Crippen LogP) is 4.34. The zero-order valence-corrected chi connectivity index (χ0v) is 11.2. The predicted molar refractivity (Wildman–Crippen MR) is 68.5 cm³/mol. The summed E-state index contributed by atoms with van der Waals surface area (Å²) < 4.78 is 43.4. The summed E-state index contributed by atoms with van der Waals surface area (Å²) in [6.07, 6.45) is -2.72. The molecule has 2 unspecified atom stereocenters. The Balaban J connectivity index is 2.14. The third-order valence-corrected chi connectivity index (χ3v) is 3.30. The maximum absolute atomic E-state index is 12.7. The summed E-state index contributed by atoms with van der Waals surface area (Å²) in [4.78, 5) is 0. The third kappa shape index (κ3) is 4.01. The molecule has 6 heteroatoms. The first-order chi connectivity index (χ1) is 8.84. The highest BCUT2D eigenvalue weighted by Gasteiger charge is 2.31. The normalized spacial score (nSPS) is 24.3. The van der Waals surface area contributed by atoms with E-state index in [4.69, 9.17) is 16.3 Å². The highest BCUT2D eigenvalue weighted by Crippen LogP contribution is 2.33. The third-order valence-electron chi connectivity index (χ3n) is 3.08. The minimum absolute atomic E-state index is 0.0810. The lowest BCUT2D eigenvalue weighted by molar-refractivity contribution is -0.137. The molecular weight excluding hydrogens is 279 g/mol. The fraction of sp³-hybridized carbons (Fsp3) is 0.538. The highest BCUT2D eigenvalue weighted by atomic mass is 35.5. The van der Waals surface area contributed by atoms with Crippen molar-refractivity contribution in [2.24, 2.45) is 0 Å². The van der Waals surface area contributed by atoms with Crippen LogP contribution in [-0.4, -0.2) is 18.8 Å². The number of anilines is 1. The second-order valence-corrected chi connectivity index (χ2v) is 5.21. The molecule has 0 saturated carbocycles. The van der Waals surface area contributed by atoms with E-state index < -0.39 is 11.7 Å². The van der Waals surface area contributed by atoms with Gasteiger partial charge in [-0.25, -0.2) is 0 Å². The van der Waals surface area contributed by atoms with Gasteiger partial charge < -0.3 is 10.1 Å². The zero-order valence-electron chi connectivity index (χ0n) is 10.4. The molecule has 1 heterocycles. The quantitative estimate of drug-likeness (QED) is 0.876. The second-order valence-electron chi connectivity index (χ2n) is 4.77. The monoisotopic (exact) mass is 293 g/mol. The van der Waals surface area contributed by atoms with Crippen LogP contribution >= 0.6 is 11.6 Å². The molecule has 2 atom stereocenters. The summed E-state index contributed by atoms with van der Waals surface area (Å²) >= 11 is 5.74. The Morgan fingerprint density at radius 1 is 1.32 bits per heavy atom. The van der Waals surface area contributed by atoms with Gasteiger partial charge in [0.15, 0.2) is 0 Å². The van der Waals surface area contributed by atoms with Gasteiger partial charge in [-0.05, 0) is 38.0 Å². The molecule has 1 N–H and O–H groups in total. The van der Waals surface area contributed by atoms with Crippen molar-refractivity contribution in [2.45, 2.75) is 38.1 Å². The van der Waals surface area contributed by atoms with Crippen molar-refractivity contribution in [1.29, 1.82) is 0 Å². The number of ether oxygens (including phenoxy) is 1. The number of benzene rings is 1. The lowest BCUT2D eigenvalue weighted by Crippen LogP contribution is -2.32. The summed E-state index contributed by atoms with van der Waals surface area (Å²) in [5, 5.41) is 3.18. The smallest absolute Gasteiger partial charge is 0.382 e. The summed E-state index contributed by atoms with van der Waals surface area (Å²) in [7, 11) is 0. The molecule has 0 spiro atoms. The van der Waals surface area contributed by atoms with Crippen molar-refractivity contribution >= 4 is 17.3 Å². The molecule has 2 nitrogen and oxygen atoms in total. The number of hydrogen-bond donors (Lipinski definition) is 1. The molecule has 19 heavy (non-hydrogen) atoms. The van der Waals surface area contributed by atoms with E-state index >= 15 is 0 Å². The molecule has 106 valence electrons. The summed E-state index contributed by atoms with van der Waals surface area (Å²) in [5.41, 5.74) is -0.332. The van der Waals surface area contributed by atoms with Gasteiger partial charge in [-0.3, -0.25) is 0 Å². The summed E-state index contributed by atoms with van der Waals surface area (Å²) in [6.45, 7) is 2.57. The fourth-order valence-corrected chi connectivity index (χ4v) is 2.44. The Kier molecular flexibility index (Phi) is 4.26. The van der Waals surface area contributed by atoms with Gasteiger partial charge in [0.1, 0.15) is 0 Å². The van der Waals surface area contributed by atoms with Crippen LogP contribution in [-0.2, 0) is 10.9 Å². The minimum atomic E-state index is -4.38. The standard InChI is InChI=1S/C13H15ClF3NO/c1-8-4-11(2-3-19-8)18-12-6-9(13(15,16)17)5-10(14)7-12/h5-8,11,18H,2-4H2,1H3. The van der Waals surface area contributed by atoms with Gasteiger partial charge >= 0.3 is 6.18 Å². The SMILES string of the molecule is CC1CC(Nc2cc(Cl)cc(C(F)(F)F)c2)CCO1. The first-order valence-electron chi connectivity index (χ1n) is 6.10. The van der Waals surface area contributed by atoms with Crippen molar-refractivity contribution in [3.8, 4) is 0 Å². The van der Waals surface area contributed by atoms with Gasteiger partial charge in [-0.1, -0.05) is 11.6 Å². The maximum atomic E-state index is 12.7. The van der Waals surface area contributed by atoms with Crippen molar-refractivity contribution in [2.75, 3.05) is 11.9 Å². The molecule has 1 aromatic rings. The molecule has 1 saturated heterocycles. The number of nitrogens with one attached hydrogen (secondary N) is 1. The molecule has 0 aliphatic carbocycles. The molecule has 0 radical (unpaired) electrons. The minimum Gasteiger partial charge on any atom is -0.382 e. The molecule has 0 aromatic heterocycles. The van der Waals surface area contributed by atoms with Crippen LogP contribution in [0.25, 0.3) is 0 Å². The van der Waals surface area contributed by atoms with Crippen LogP contribution in [0.4, 0.5) is 18.9 Å². The van der Waals surface area contributed by atoms with Crippen LogP contribution in [0.15, 0.2) is 18.2 Å². The molecule has 1 aliphatic heterocycles. The van der Waals surface area contributed by atoms with E-state index in [1.807, 2.05) is 6.92 Å². The van der Waals surface area contributed by atoms with Crippen LogP contribution in [0, 0.1) is 0 Å². The Labute approximate surface area is 114 Å². The largest absolute Gasteiger partial charge is 0.416 e. The number of hydrogen-bond acceptors (Lipinski definition) is 2. The van der Waals surface area contributed by atoms with Gasteiger partial charge in [-0.2, -0.15) is 13.2 Å². The molecule has 1 fully saturated rings. The van der Waals surface area contributed by atoms with Crippen LogP contribution in [0.3, 0.4) is 0 Å². The van der Waals surface area contributed by atoms with E-state index in [0.717, 1.165) is 25.0 Å². The number of alkyl halides is 3. The van der Waals surface area contributed by atoms with Gasteiger partial charge in [0.2, 0.25) is 0 Å². The van der Waals surface area contributed by atoms with E-state index in [2.05, 4.69) is 5.32 Å². The zero-order chi connectivity index (χ0) is 14.0. The van der Waals surface area contributed by atoms with Gasteiger partial charge in [0, 0.05) is 23.4 Å². The van der Waals surface area contributed by atoms with E-state index in [0.29, 0.717) is 12.3 Å². The fourth-order valence-electron chi connectivity index (χ4n) is 2.20. The van der Waals surface area contributed by atoms with Gasteiger partial charge in [0.25, 0.3) is 0 Å². The van der Waals surface area contributed by atoms with E-state index in [1.54, 1.807) is 0 Å². The Bertz CT molecular complexity index is 450. The maximum Gasteiger partial charge on any atom is 0.416 e. The van der Waals surface area contributed by atoms with Crippen molar-refractivity contribution in [3.05, 3.63) is 28.8 Å². The average molecular weight is 294 g/mol. The van der Waals surface area contributed by atoms with Crippen molar-refractivity contribution < 1.29 is 17.9 Å². The van der Waals surface area contributed by atoms with Crippen LogP contribution in [0.5, 0.6) is 0 Å². The molecule has 2 rings (SSSR count). The van der Waals surface area contributed by atoms with Crippen LogP contribution < -0.4 is 5.32 Å². The topological polar surface area (TPSA) is 21.3 Å². The lowest BCUT2D eigenvalue weighted by atomic mass is 10.0. The first-order valence-corrected chi connectivity index (χ1v) is 6.48. The number of halogens is 4. The Morgan fingerprint density at radius 3 is 2.68 bits per heavy atom. The van der Waals surface area contributed by atoms with E-state index in [1.165, 1.54) is 6.07 Å². The molecule has 1 aromatic carbocycles. The molecule has 0 amide bonds. The Morgan fingerprint density at radius 2 is 2.05 bits per heavy atom. The van der Waals surface area contributed by atoms with Crippen LogP contribution in [0.1, 0.15) is 25.3 Å². The van der Waals surface area contributed by atoms with Crippen molar-refractivity contribution in [3.63, 3.8) is 0 Å². The average Bonchev–Trinajstić information content (AvgIpc) is 2.26. The molecular formula is C13H15ClF3NO. The molecule has 1 aliphatic rings. The molecule has 0 bridgehead atoms. The Hall–Kier alpha value is -0.940. The van der Waals surface area contributed by atoms with Crippen LogP contribution in [0.2, 0.25) is 5.02 Å². The van der Waals surface area contributed by atoms with Gasteiger partial charge in [0.05, 0.1) is 11.7 Å².